The monoisotopic (exact) mass is 345 g/mol. The number of ether oxygens (including phenoxy) is 1. The van der Waals surface area contributed by atoms with Crippen molar-refractivity contribution < 1.29 is 13.9 Å². The van der Waals surface area contributed by atoms with E-state index < -0.39 is 0 Å². The van der Waals surface area contributed by atoms with Gasteiger partial charge in [-0.05, 0) is 31.9 Å². The number of furan rings is 1. The average Bonchev–Trinajstić information content (AvgIpc) is 3.15. The lowest BCUT2D eigenvalue weighted by Gasteiger charge is -2.32. The lowest BCUT2D eigenvalue weighted by atomic mass is 9.97. The molecule has 1 aliphatic heterocycles. The van der Waals surface area contributed by atoms with E-state index in [1.54, 1.807) is 6.26 Å². The minimum atomic E-state index is -0.112. The Morgan fingerprint density at radius 2 is 2.24 bits per heavy atom. The standard InChI is InChI=1S/C17H23N5O3/c1-2-24-17(23)12-5-7-22(8-6-12)16-14(18)15(20-11-21-16)19-10-13-4-3-9-25-13/h3-4,9,11-12H,2,5-8,10,18H2,1H3,(H,19,20,21). The van der Waals surface area contributed by atoms with Crippen LogP contribution in [0.15, 0.2) is 29.1 Å². The van der Waals surface area contributed by atoms with E-state index in [1.807, 2.05) is 19.1 Å². The van der Waals surface area contributed by atoms with E-state index in [0.29, 0.717) is 43.6 Å². The van der Waals surface area contributed by atoms with Gasteiger partial charge < -0.3 is 25.1 Å². The Hall–Kier alpha value is -2.77. The van der Waals surface area contributed by atoms with E-state index in [9.17, 15) is 4.79 Å². The van der Waals surface area contributed by atoms with Crippen molar-refractivity contribution in [2.45, 2.75) is 26.3 Å². The zero-order chi connectivity index (χ0) is 17.6. The van der Waals surface area contributed by atoms with Crippen LogP contribution in [0.2, 0.25) is 0 Å². The number of nitrogens with two attached hydrogens (primary N) is 1. The van der Waals surface area contributed by atoms with E-state index in [2.05, 4.69) is 20.2 Å². The first-order valence-electron chi connectivity index (χ1n) is 8.47. The minimum Gasteiger partial charge on any atom is -0.467 e. The molecule has 2 aromatic heterocycles. The fourth-order valence-corrected chi connectivity index (χ4v) is 2.95. The van der Waals surface area contributed by atoms with Crippen molar-refractivity contribution >= 4 is 23.3 Å². The summed E-state index contributed by atoms with van der Waals surface area (Å²) in [5.41, 5.74) is 6.75. The van der Waals surface area contributed by atoms with Crippen LogP contribution in [0.3, 0.4) is 0 Å². The molecule has 3 rings (SSSR count). The molecule has 0 unspecified atom stereocenters. The summed E-state index contributed by atoms with van der Waals surface area (Å²) in [7, 11) is 0. The van der Waals surface area contributed by atoms with Crippen molar-refractivity contribution in [1.29, 1.82) is 0 Å². The predicted molar refractivity (Wildman–Crippen MR) is 94.0 cm³/mol. The number of carbonyl (C=O) groups is 1. The molecule has 0 atom stereocenters. The number of esters is 1. The summed E-state index contributed by atoms with van der Waals surface area (Å²) >= 11 is 0. The van der Waals surface area contributed by atoms with Crippen molar-refractivity contribution in [2.24, 2.45) is 5.92 Å². The van der Waals surface area contributed by atoms with E-state index in [4.69, 9.17) is 14.9 Å². The Kier molecular flexibility index (Phi) is 5.37. The van der Waals surface area contributed by atoms with Gasteiger partial charge in [0.2, 0.25) is 0 Å². The molecule has 8 nitrogen and oxygen atoms in total. The van der Waals surface area contributed by atoms with Gasteiger partial charge in [0.25, 0.3) is 0 Å². The van der Waals surface area contributed by atoms with Gasteiger partial charge in [-0.3, -0.25) is 4.79 Å². The zero-order valence-electron chi connectivity index (χ0n) is 14.3. The molecule has 25 heavy (non-hydrogen) atoms. The first-order chi connectivity index (χ1) is 12.2. The molecule has 0 spiro atoms. The second-order valence-electron chi connectivity index (χ2n) is 5.91. The number of anilines is 3. The highest BCUT2D eigenvalue weighted by Crippen LogP contribution is 2.30. The van der Waals surface area contributed by atoms with Gasteiger partial charge in [0.15, 0.2) is 11.6 Å². The number of nitrogen functional groups attached to an aromatic ring is 1. The summed E-state index contributed by atoms with van der Waals surface area (Å²) in [5.74, 6) is 1.91. The summed E-state index contributed by atoms with van der Waals surface area (Å²) in [5, 5.41) is 3.17. The number of aromatic nitrogens is 2. The maximum Gasteiger partial charge on any atom is 0.309 e. The van der Waals surface area contributed by atoms with Crippen LogP contribution in [0.1, 0.15) is 25.5 Å². The summed E-state index contributed by atoms with van der Waals surface area (Å²) in [4.78, 5) is 22.5. The molecule has 0 aliphatic carbocycles. The molecule has 0 amide bonds. The maximum absolute atomic E-state index is 11.9. The van der Waals surface area contributed by atoms with E-state index in [0.717, 1.165) is 18.6 Å². The molecule has 3 heterocycles. The molecular formula is C17H23N5O3. The molecule has 1 saturated heterocycles. The Labute approximate surface area is 146 Å². The lowest BCUT2D eigenvalue weighted by molar-refractivity contribution is -0.148. The van der Waals surface area contributed by atoms with Crippen LogP contribution in [0.4, 0.5) is 17.3 Å². The summed E-state index contributed by atoms with van der Waals surface area (Å²) < 4.78 is 10.4. The largest absolute Gasteiger partial charge is 0.467 e. The van der Waals surface area contributed by atoms with Gasteiger partial charge in [-0.15, -0.1) is 0 Å². The first-order valence-corrected chi connectivity index (χ1v) is 8.47. The van der Waals surface area contributed by atoms with Crippen LogP contribution in [-0.2, 0) is 16.1 Å². The van der Waals surface area contributed by atoms with E-state index in [1.165, 1.54) is 6.33 Å². The van der Waals surface area contributed by atoms with Crippen molar-refractivity contribution in [2.75, 3.05) is 35.6 Å². The zero-order valence-corrected chi connectivity index (χ0v) is 14.3. The molecule has 134 valence electrons. The highest BCUT2D eigenvalue weighted by Gasteiger charge is 2.27. The topological polar surface area (TPSA) is 107 Å². The molecule has 0 saturated carbocycles. The van der Waals surface area contributed by atoms with Crippen molar-refractivity contribution in [3.8, 4) is 0 Å². The number of piperidine rings is 1. The Balaban J connectivity index is 1.63. The molecule has 0 aromatic carbocycles. The van der Waals surface area contributed by atoms with Gasteiger partial charge in [-0.1, -0.05) is 0 Å². The van der Waals surface area contributed by atoms with Gasteiger partial charge >= 0.3 is 5.97 Å². The molecule has 3 N–H and O–H groups in total. The molecule has 8 heteroatoms. The molecule has 2 aromatic rings. The number of nitrogens with zero attached hydrogens (tertiary/aromatic N) is 3. The lowest BCUT2D eigenvalue weighted by Crippen LogP contribution is -2.38. The Bertz CT molecular complexity index is 696. The molecule has 0 radical (unpaired) electrons. The van der Waals surface area contributed by atoms with Crippen molar-refractivity contribution in [1.82, 2.24) is 9.97 Å². The Morgan fingerprint density at radius 3 is 2.92 bits per heavy atom. The van der Waals surface area contributed by atoms with Crippen molar-refractivity contribution in [3.63, 3.8) is 0 Å². The van der Waals surface area contributed by atoms with Crippen LogP contribution in [0.25, 0.3) is 0 Å². The fourth-order valence-electron chi connectivity index (χ4n) is 2.95. The summed E-state index contributed by atoms with van der Waals surface area (Å²) in [6.07, 6.45) is 4.59. The van der Waals surface area contributed by atoms with Gasteiger partial charge in [0.05, 0.1) is 25.3 Å². The SMILES string of the molecule is CCOC(=O)C1CCN(c2ncnc(NCc3ccco3)c2N)CC1. The van der Waals surface area contributed by atoms with E-state index in [-0.39, 0.29) is 11.9 Å². The number of carbonyl (C=O) groups excluding carboxylic acids is 1. The Morgan fingerprint density at radius 1 is 1.44 bits per heavy atom. The summed E-state index contributed by atoms with van der Waals surface area (Å²) in [6, 6.07) is 3.71. The number of hydrogen-bond donors (Lipinski definition) is 2. The number of nitrogens with one attached hydrogen (secondary N) is 1. The second kappa shape index (κ2) is 7.87. The minimum absolute atomic E-state index is 0.0455. The first kappa shape index (κ1) is 17.1. The third-order valence-electron chi connectivity index (χ3n) is 4.29. The number of rotatable bonds is 6. The molecule has 1 aliphatic rings. The third-order valence-corrected chi connectivity index (χ3v) is 4.29. The van der Waals surface area contributed by atoms with Gasteiger partial charge in [-0.25, -0.2) is 9.97 Å². The fraction of sp³-hybridized carbons (Fsp3) is 0.471. The third kappa shape index (κ3) is 4.01. The quantitative estimate of drug-likeness (QED) is 0.766. The second-order valence-corrected chi connectivity index (χ2v) is 5.91. The molecule has 1 fully saturated rings. The van der Waals surface area contributed by atoms with Crippen LogP contribution < -0.4 is 16.0 Å². The highest BCUT2D eigenvalue weighted by atomic mass is 16.5. The van der Waals surface area contributed by atoms with Crippen LogP contribution >= 0.6 is 0 Å². The van der Waals surface area contributed by atoms with Gasteiger partial charge in [0, 0.05) is 13.1 Å². The maximum atomic E-state index is 11.9. The van der Waals surface area contributed by atoms with Crippen LogP contribution in [-0.4, -0.2) is 35.6 Å². The molecular weight excluding hydrogens is 322 g/mol. The smallest absolute Gasteiger partial charge is 0.309 e. The molecule has 0 bridgehead atoms. The van der Waals surface area contributed by atoms with Crippen LogP contribution in [0.5, 0.6) is 0 Å². The normalized spacial score (nSPS) is 15.2. The van der Waals surface area contributed by atoms with Gasteiger partial charge in [-0.2, -0.15) is 0 Å². The van der Waals surface area contributed by atoms with E-state index >= 15 is 0 Å². The predicted octanol–water partition coefficient (Wildman–Crippen LogP) is 2.04. The van der Waals surface area contributed by atoms with Crippen LogP contribution in [0, 0.1) is 5.92 Å². The highest BCUT2D eigenvalue weighted by molar-refractivity contribution is 5.76. The average molecular weight is 345 g/mol. The number of hydrogen-bond acceptors (Lipinski definition) is 8. The summed E-state index contributed by atoms with van der Waals surface area (Å²) in [6.45, 7) is 4.16. The van der Waals surface area contributed by atoms with Crippen molar-refractivity contribution in [3.05, 3.63) is 30.5 Å². The van der Waals surface area contributed by atoms with Gasteiger partial charge in [0.1, 0.15) is 17.8 Å².